The summed E-state index contributed by atoms with van der Waals surface area (Å²) in [5.41, 5.74) is -0.428. The Labute approximate surface area is 98.2 Å². The molecule has 1 fully saturated rings. The molecule has 16 heavy (non-hydrogen) atoms. The van der Waals surface area contributed by atoms with Gasteiger partial charge in [-0.2, -0.15) is 0 Å². The van der Waals surface area contributed by atoms with Gasteiger partial charge in [0.1, 0.15) is 0 Å². The number of hydrogen-bond donors (Lipinski definition) is 0. The molecule has 1 aliphatic rings. The van der Waals surface area contributed by atoms with E-state index in [0.717, 1.165) is 32.1 Å². The number of hydrogen-bond acceptors (Lipinski definition) is 2. The molecule has 0 saturated heterocycles. The first-order valence-electron chi connectivity index (χ1n) is 6.22. The molecule has 0 heterocycles. The molecule has 3 heteroatoms. The zero-order valence-corrected chi connectivity index (χ0v) is 10.9. The third-order valence-electron chi connectivity index (χ3n) is 3.80. The maximum Gasteiger partial charge on any atom is 0.234 e. The fourth-order valence-electron chi connectivity index (χ4n) is 2.15. The fraction of sp³-hybridized carbons (Fsp3) is 0.846. The summed E-state index contributed by atoms with van der Waals surface area (Å²) in [6, 6.07) is 0. The number of carbonyl (C=O) groups excluding carboxylic acids is 2. The topological polar surface area (TPSA) is 37.4 Å². The van der Waals surface area contributed by atoms with Crippen LogP contribution in [0, 0.1) is 11.3 Å². The Morgan fingerprint density at radius 3 is 2.19 bits per heavy atom. The maximum atomic E-state index is 12.1. The minimum atomic E-state index is -0.428. The third-order valence-corrected chi connectivity index (χ3v) is 3.80. The molecule has 0 radical (unpaired) electrons. The summed E-state index contributed by atoms with van der Waals surface area (Å²) in [4.78, 5) is 25.5. The van der Waals surface area contributed by atoms with E-state index in [9.17, 15) is 9.59 Å². The Balaban J connectivity index is 2.66. The van der Waals surface area contributed by atoms with Crippen LogP contribution >= 0.6 is 0 Å². The minimum Gasteiger partial charge on any atom is -0.285 e. The van der Waals surface area contributed by atoms with Crippen molar-refractivity contribution in [2.45, 2.75) is 52.9 Å². The molecular weight excluding hydrogens is 202 g/mol. The van der Waals surface area contributed by atoms with Gasteiger partial charge in [0.25, 0.3) is 0 Å². The van der Waals surface area contributed by atoms with E-state index in [1.54, 1.807) is 7.05 Å². The lowest BCUT2D eigenvalue weighted by atomic mass is 9.88. The molecule has 0 unspecified atom stereocenters. The van der Waals surface area contributed by atoms with E-state index < -0.39 is 5.41 Å². The lowest BCUT2D eigenvalue weighted by molar-refractivity contribution is -0.151. The van der Waals surface area contributed by atoms with Crippen LogP contribution in [0.3, 0.4) is 0 Å². The second kappa shape index (κ2) is 4.98. The fourth-order valence-corrected chi connectivity index (χ4v) is 2.15. The highest BCUT2D eigenvalue weighted by atomic mass is 16.2. The zero-order valence-electron chi connectivity index (χ0n) is 10.9. The Morgan fingerprint density at radius 2 is 1.75 bits per heavy atom. The number of nitrogens with zero attached hydrogens (tertiary/aromatic N) is 1. The van der Waals surface area contributed by atoms with E-state index in [4.69, 9.17) is 0 Å². The van der Waals surface area contributed by atoms with Crippen LogP contribution in [0.5, 0.6) is 0 Å². The van der Waals surface area contributed by atoms with E-state index in [2.05, 4.69) is 0 Å². The Bertz CT molecular complexity index is 278. The highest BCUT2D eigenvalue weighted by molar-refractivity contribution is 5.98. The van der Waals surface area contributed by atoms with Crippen molar-refractivity contribution in [3.63, 3.8) is 0 Å². The summed E-state index contributed by atoms with van der Waals surface area (Å²) in [6.45, 7) is 5.77. The molecule has 0 aliphatic heterocycles. The van der Waals surface area contributed by atoms with Crippen molar-refractivity contribution in [1.82, 2.24) is 4.90 Å². The van der Waals surface area contributed by atoms with Crippen molar-refractivity contribution in [1.29, 1.82) is 0 Å². The molecule has 1 aliphatic carbocycles. The summed E-state index contributed by atoms with van der Waals surface area (Å²) < 4.78 is 0. The average Bonchev–Trinajstić information content (AvgIpc) is 2.79. The van der Waals surface area contributed by atoms with Gasteiger partial charge in [-0.15, -0.1) is 0 Å². The molecule has 0 spiro atoms. The molecule has 2 amide bonds. The van der Waals surface area contributed by atoms with E-state index >= 15 is 0 Å². The van der Waals surface area contributed by atoms with Gasteiger partial charge in [-0.25, -0.2) is 0 Å². The van der Waals surface area contributed by atoms with Gasteiger partial charge >= 0.3 is 0 Å². The van der Waals surface area contributed by atoms with Crippen LogP contribution in [0.1, 0.15) is 52.9 Å². The number of imide groups is 1. The zero-order chi connectivity index (χ0) is 12.3. The number of amides is 2. The summed E-state index contributed by atoms with van der Waals surface area (Å²) in [5.74, 6) is 0.0533. The standard InChI is InChI=1S/C13H23NO2/c1-5-13(2,3)12(16)14(4)11(15)10-8-6-7-9-10/h10H,5-9H2,1-4H3. The van der Waals surface area contributed by atoms with Crippen LogP contribution in [-0.4, -0.2) is 23.8 Å². The van der Waals surface area contributed by atoms with Crippen LogP contribution in [0.25, 0.3) is 0 Å². The quantitative estimate of drug-likeness (QED) is 0.740. The summed E-state index contributed by atoms with van der Waals surface area (Å²) >= 11 is 0. The summed E-state index contributed by atoms with van der Waals surface area (Å²) in [5, 5.41) is 0. The number of rotatable bonds is 3. The van der Waals surface area contributed by atoms with Crippen LogP contribution in [0.2, 0.25) is 0 Å². The molecular formula is C13H23NO2. The maximum absolute atomic E-state index is 12.1. The van der Waals surface area contributed by atoms with Crippen molar-refractivity contribution in [2.75, 3.05) is 7.05 Å². The molecule has 0 bridgehead atoms. The molecule has 0 N–H and O–H groups in total. The lowest BCUT2D eigenvalue weighted by Gasteiger charge is -2.28. The van der Waals surface area contributed by atoms with Crippen molar-refractivity contribution in [2.24, 2.45) is 11.3 Å². The third kappa shape index (κ3) is 2.63. The molecule has 0 aromatic rings. The number of carbonyl (C=O) groups is 2. The van der Waals surface area contributed by atoms with Crippen molar-refractivity contribution < 1.29 is 9.59 Å². The molecule has 0 aromatic heterocycles. The van der Waals surface area contributed by atoms with Gasteiger partial charge in [-0.1, -0.05) is 33.6 Å². The predicted molar refractivity (Wildman–Crippen MR) is 63.8 cm³/mol. The molecule has 1 rings (SSSR count). The average molecular weight is 225 g/mol. The lowest BCUT2D eigenvalue weighted by Crippen LogP contribution is -2.44. The van der Waals surface area contributed by atoms with Crippen molar-refractivity contribution in [3.05, 3.63) is 0 Å². The Kier molecular flexibility index (Phi) is 4.11. The summed E-state index contributed by atoms with van der Waals surface area (Å²) in [6.07, 6.45) is 4.89. The first-order chi connectivity index (χ1) is 7.40. The van der Waals surface area contributed by atoms with Crippen molar-refractivity contribution in [3.8, 4) is 0 Å². The minimum absolute atomic E-state index is 0.0176. The second-order valence-electron chi connectivity index (χ2n) is 5.42. The highest BCUT2D eigenvalue weighted by Gasteiger charge is 2.34. The Hall–Kier alpha value is -0.860. The van der Waals surface area contributed by atoms with E-state index in [-0.39, 0.29) is 17.7 Å². The molecule has 3 nitrogen and oxygen atoms in total. The first-order valence-corrected chi connectivity index (χ1v) is 6.22. The van der Waals surface area contributed by atoms with Crippen LogP contribution in [0.15, 0.2) is 0 Å². The van der Waals surface area contributed by atoms with Crippen LogP contribution in [0.4, 0.5) is 0 Å². The van der Waals surface area contributed by atoms with E-state index in [0.29, 0.717) is 0 Å². The SMILES string of the molecule is CCC(C)(C)C(=O)N(C)C(=O)C1CCCC1. The van der Waals surface area contributed by atoms with Gasteiger partial charge < -0.3 is 0 Å². The predicted octanol–water partition coefficient (Wildman–Crippen LogP) is 2.60. The van der Waals surface area contributed by atoms with E-state index in [1.807, 2.05) is 20.8 Å². The van der Waals surface area contributed by atoms with E-state index in [1.165, 1.54) is 4.90 Å². The van der Waals surface area contributed by atoms with Gasteiger partial charge in [-0.05, 0) is 19.3 Å². The molecule has 1 saturated carbocycles. The van der Waals surface area contributed by atoms with Gasteiger partial charge in [-0.3, -0.25) is 14.5 Å². The normalized spacial score (nSPS) is 17.5. The summed E-state index contributed by atoms with van der Waals surface area (Å²) in [7, 11) is 1.63. The molecule has 0 atom stereocenters. The second-order valence-corrected chi connectivity index (χ2v) is 5.42. The van der Waals surface area contributed by atoms with Crippen LogP contribution in [-0.2, 0) is 9.59 Å². The van der Waals surface area contributed by atoms with Gasteiger partial charge in [0, 0.05) is 18.4 Å². The van der Waals surface area contributed by atoms with Crippen molar-refractivity contribution >= 4 is 11.8 Å². The van der Waals surface area contributed by atoms with Gasteiger partial charge in [0.2, 0.25) is 11.8 Å². The molecule has 0 aromatic carbocycles. The van der Waals surface area contributed by atoms with Crippen LogP contribution < -0.4 is 0 Å². The van der Waals surface area contributed by atoms with Gasteiger partial charge in [0.05, 0.1) is 0 Å². The smallest absolute Gasteiger partial charge is 0.234 e. The monoisotopic (exact) mass is 225 g/mol. The highest BCUT2D eigenvalue weighted by Crippen LogP contribution is 2.28. The molecule has 92 valence electrons. The Morgan fingerprint density at radius 1 is 1.25 bits per heavy atom. The first kappa shape index (κ1) is 13.2. The largest absolute Gasteiger partial charge is 0.285 e. The van der Waals surface area contributed by atoms with Gasteiger partial charge in [0.15, 0.2) is 0 Å².